The third kappa shape index (κ3) is 2.23. The molecule has 1 fully saturated rings. The van der Waals surface area contributed by atoms with Crippen LogP contribution >= 0.6 is 0 Å². The van der Waals surface area contributed by atoms with Crippen LogP contribution in [-0.2, 0) is 4.79 Å². The molecule has 1 rings (SSSR count). The molecule has 0 aromatic rings. The van der Waals surface area contributed by atoms with E-state index in [1.165, 1.54) is 0 Å². The van der Waals surface area contributed by atoms with Gasteiger partial charge in [0.25, 0.3) is 0 Å². The molecule has 2 nitrogen and oxygen atoms in total. The van der Waals surface area contributed by atoms with Gasteiger partial charge in [-0.2, -0.15) is 0 Å². The molecular formula is C10H19NO. The molecule has 0 atom stereocenters. The van der Waals surface area contributed by atoms with Gasteiger partial charge in [0.2, 0.25) is 5.91 Å². The van der Waals surface area contributed by atoms with Crippen LogP contribution in [-0.4, -0.2) is 12.5 Å². The van der Waals surface area contributed by atoms with Gasteiger partial charge in [0.05, 0.1) is 0 Å². The summed E-state index contributed by atoms with van der Waals surface area (Å²) in [5, 5.41) is 2.93. The smallest absolute Gasteiger partial charge is 0.223 e. The van der Waals surface area contributed by atoms with E-state index in [2.05, 4.69) is 26.1 Å². The Morgan fingerprint density at radius 3 is 2.50 bits per heavy atom. The first-order chi connectivity index (χ1) is 5.55. The summed E-state index contributed by atoms with van der Waals surface area (Å²) in [5.74, 6) is 0.558. The minimum Gasteiger partial charge on any atom is -0.356 e. The lowest BCUT2D eigenvalue weighted by Crippen LogP contribution is -2.42. The fourth-order valence-corrected chi connectivity index (χ4v) is 1.85. The molecule has 1 N–H and O–H groups in total. The monoisotopic (exact) mass is 169 g/mol. The second-order valence-corrected chi connectivity index (χ2v) is 4.56. The van der Waals surface area contributed by atoms with Crippen LogP contribution in [0, 0.1) is 11.3 Å². The largest absolute Gasteiger partial charge is 0.356 e. The third-order valence-electron chi connectivity index (χ3n) is 2.52. The number of carbonyl (C=O) groups is 1. The Morgan fingerprint density at radius 2 is 2.08 bits per heavy atom. The highest BCUT2D eigenvalue weighted by Gasteiger charge is 2.39. The number of hydrogen-bond acceptors (Lipinski definition) is 1. The van der Waals surface area contributed by atoms with E-state index in [-0.39, 0.29) is 5.91 Å². The summed E-state index contributed by atoms with van der Waals surface area (Å²) in [6, 6.07) is 0. The van der Waals surface area contributed by atoms with E-state index in [1.54, 1.807) is 0 Å². The summed E-state index contributed by atoms with van der Waals surface area (Å²) >= 11 is 0. The molecule has 0 aromatic heterocycles. The van der Waals surface area contributed by atoms with Gasteiger partial charge < -0.3 is 5.32 Å². The van der Waals surface area contributed by atoms with E-state index in [4.69, 9.17) is 0 Å². The predicted octanol–water partition coefficient (Wildman–Crippen LogP) is 1.95. The lowest BCUT2D eigenvalue weighted by Gasteiger charge is -2.41. The third-order valence-corrected chi connectivity index (χ3v) is 2.52. The molecule has 0 heterocycles. The average molecular weight is 169 g/mol. The maximum Gasteiger partial charge on any atom is 0.223 e. The summed E-state index contributed by atoms with van der Waals surface area (Å²) in [6.45, 7) is 7.34. The average Bonchev–Trinajstić information content (AvgIpc) is 1.95. The van der Waals surface area contributed by atoms with E-state index in [0.717, 1.165) is 25.8 Å². The molecule has 12 heavy (non-hydrogen) atoms. The maximum atomic E-state index is 11.4. The van der Waals surface area contributed by atoms with Crippen molar-refractivity contribution in [2.75, 3.05) is 6.54 Å². The number of hydrogen-bond donors (Lipinski definition) is 1. The summed E-state index contributed by atoms with van der Waals surface area (Å²) in [7, 11) is 0. The van der Waals surface area contributed by atoms with Gasteiger partial charge >= 0.3 is 0 Å². The van der Waals surface area contributed by atoms with E-state index in [9.17, 15) is 4.79 Å². The van der Waals surface area contributed by atoms with Crippen molar-refractivity contribution in [3.63, 3.8) is 0 Å². The van der Waals surface area contributed by atoms with E-state index in [1.807, 2.05) is 0 Å². The molecular weight excluding hydrogens is 150 g/mol. The van der Waals surface area contributed by atoms with E-state index >= 15 is 0 Å². The van der Waals surface area contributed by atoms with Gasteiger partial charge in [-0.3, -0.25) is 4.79 Å². The molecule has 1 saturated carbocycles. The molecule has 0 bridgehead atoms. The highest BCUT2D eigenvalue weighted by molar-refractivity contribution is 5.79. The molecule has 2 heteroatoms. The van der Waals surface area contributed by atoms with Crippen LogP contribution in [0.3, 0.4) is 0 Å². The zero-order chi connectivity index (χ0) is 9.19. The fraction of sp³-hybridized carbons (Fsp3) is 0.900. The maximum absolute atomic E-state index is 11.4. The van der Waals surface area contributed by atoms with Gasteiger partial charge in [-0.1, -0.05) is 20.8 Å². The topological polar surface area (TPSA) is 29.1 Å². The van der Waals surface area contributed by atoms with Crippen molar-refractivity contribution >= 4 is 5.91 Å². The highest BCUT2D eigenvalue weighted by Crippen LogP contribution is 2.44. The van der Waals surface area contributed by atoms with Crippen molar-refractivity contribution in [2.24, 2.45) is 11.3 Å². The minimum absolute atomic E-state index is 0.260. The first-order valence-electron chi connectivity index (χ1n) is 4.83. The Hall–Kier alpha value is -0.530. The molecule has 0 spiro atoms. The lowest BCUT2D eigenvalue weighted by molar-refractivity contribution is -0.131. The Labute approximate surface area is 74.7 Å². The van der Waals surface area contributed by atoms with E-state index < -0.39 is 0 Å². The van der Waals surface area contributed by atoms with Gasteiger partial charge in [0.15, 0.2) is 0 Å². The molecule has 1 aliphatic rings. The van der Waals surface area contributed by atoms with Crippen LogP contribution in [0.1, 0.15) is 40.0 Å². The normalized spacial score (nSPS) is 21.6. The first-order valence-corrected chi connectivity index (χ1v) is 4.83. The van der Waals surface area contributed by atoms with Gasteiger partial charge in [0, 0.05) is 12.5 Å². The number of rotatable bonds is 3. The van der Waals surface area contributed by atoms with Crippen LogP contribution in [0.25, 0.3) is 0 Å². The number of carbonyl (C=O) groups excluding carboxylic acids is 1. The van der Waals surface area contributed by atoms with E-state index in [0.29, 0.717) is 11.3 Å². The number of nitrogens with one attached hydrogen (secondary N) is 1. The first kappa shape index (κ1) is 9.56. The molecule has 1 amide bonds. The minimum atomic E-state index is 0.260. The van der Waals surface area contributed by atoms with Gasteiger partial charge in [0.1, 0.15) is 0 Å². The summed E-state index contributed by atoms with van der Waals surface area (Å²) in [5.41, 5.74) is 0.411. The summed E-state index contributed by atoms with van der Waals surface area (Å²) < 4.78 is 0. The molecule has 0 unspecified atom stereocenters. The standard InChI is InChI=1S/C10H19NO/c1-4-5-11-9(12)8-6-10(2,3)7-8/h8H,4-7H2,1-3H3,(H,11,12). The number of amides is 1. The van der Waals surface area contributed by atoms with Crippen molar-refractivity contribution < 1.29 is 4.79 Å². The molecule has 0 aromatic carbocycles. The summed E-state index contributed by atoms with van der Waals surface area (Å²) in [6.07, 6.45) is 3.15. The second-order valence-electron chi connectivity index (χ2n) is 4.56. The van der Waals surface area contributed by atoms with Gasteiger partial charge in [-0.15, -0.1) is 0 Å². The Bertz CT molecular complexity index is 167. The van der Waals surface area contributed by atoms with Gasteiger partial charge in [-0.05, 0) is 24.7 Å². The zero-order valence-electron chi connectivity index (χ0n) is 8.31. The molecule has 1 aliphatic carbocycles. The van der Waals surface area contributed by atoms with Gasteiger partial charge in [-0.25, -0.2) is 0 Å². The fourth-order valence-electron chi connectivity index (χ4n) is 1.85. The Balaban J connectivity index is 2.19. The van der Waals surface area contributed by atoms with Crippen LogP contribution in [0.15, 0.2) is 0 Å². The van der Waals surface area contributed by atoms with Crippen LogP contribution < -0.4 is 5.32 Å². The highest BCUT2D eigenvalue weighted by atomic mass is 16.1. The SMILES string of the molecule is CCCNC(=O)C1CC(C)(C)C1. The lowest BCUT2D eigenvalue weighted by atomic mass is 9.64. The van der Waals surface area contributed by atoms with Crippen molar-refractivity contribution in [1.82, 2.24) is 5.32 Å². The van der Waals surface area contributed by atoms with Crippen molar-refractivity contribution in [3.8, 4) is 0 Å². The predicted molar refractivity (Wildman–Crippen MR) is 49.8 cm³/mol. The van der Waals surface area contributed by atoms with Crippen molar-refractivity contribution in [2.45, 2.75) is 40.0 Å². The Morgan fingerprint density at radius 1 is 1.50 bits per heavy atom. The quantitative estimate of drug-likeness (QED) is 0.687. The van der Waals surface area contributed by atoms with Crippen molar-refractivity contribution in [1.29, 1.82) is 0 Å². The van der Waals surface area contributed by atoms with Crippen LogP contribution in [0.5, 0.6) is 0 Å². The summed E-state index contributed by atoms with van der Waals surface area (Å²) in [4.78, 5) is 11.4. The van der Waals surface area contributed by atoms with Crippen molar-refractivity contribution in [3.05, 3.63) is 0 Å². The molecule has 0 aliphatic heterocycles. The molecule has 70 valence electrons. The van der Waals surface area contributed by atoms with Crippen LogP contribution in [0.4, 0.5) is 0 Å². The van der Waals surface area contributed by atoms with Crippen LogP contribution in [0.2, 0.25) is 0 Å². The molecule has 0 radical (unpaired) electrons. The second kappa shape index (κ2) is 3.46. The zero-order valence-corrected chi connectivity index (χ0v) is 8.31. The molecule has 0 saturated heterocycles. The Kier molecular flexibility index (Phi) is 2.76.